The zero-order chi connectivity index (χ0) is 12.1. The Bertz CT molecular complexity index is 343. The fraction of sp³-hybridized carbons (Fsp3) is 0.786. The van der Waals surface area contributed by atoms with E-state index in [4.69, 9.17) is 0 Å². The third-order valence-electron chi connectivity index (χ3n) is 3.66. The monoisotopic (exact) mass is 235 g/mol. The van der Waals surface area contributed by atoms with Crippen LogP contribution in [0.1, 0.15) is 50.9 Å². The van der Waals surface area contributed by atoms with Crippen molar-refractivity contribution in [2.75, 3.05) is 6.54 Å². The fourth-order valence-electron chi connectivity index (χ4n) is 2.55. The molecule has 17 heavy (non-hydrogen) atoms. The highest BCUT2D eigenvalue weighted by Crippen LogP contribution is 2.20. The van der Waals surface area contributed by atoms with Gasteiger partial charge in [-0.05, 0) is 52.0 Å². The van der Waals surface area contributed by atoms with Gasteiger partial charge in [0.15, 0.2) is 0 Å². The smallest absolute Gasteiger partial charge is 0.0951 e. The Kier molecular flexibility index (Phi) is 4.60. The zero-order valence-electron chi connectivity index (χ0n) is 11.2. The van der Waals surface area contributed by atoms with Crippen LogP contribution in [-0.2, 0) is 19.4 Å². The van der Waals surface area contributed by atoms with Gasteiger partial charge >= 0.3 is 0 Å². The van der Waals surface area contributed by atoms with Crippen molar-refractivity contribution in [2.45, 2.75) is 65.0 Å². The van der Waals surface area contributed by atoms with Crippen LogP contribution in [0.3, 0.4) is 0 Å². The van der Waals surface area contributed by atoms with E-state index in [9.17, 15) is 0 Å². The fourth-order valence-corrected chi connectivity index (χ4v) is 2.55. The van der Waals surface area contributed by atoms with E-state index in [1.807, 2.05) is 6.33 Å². The van der Waals surface area contributed by atoms with Crippen LogP contribution in [0.4, 0.5) is 0 Å². The van der Waals surface area contributed by atoms with Crippen molar-refractivity contribution in [3.05, 3.63) is 17.7 Å². The number of hydrogen-bond acceptors (Lipinski definition) is 2. The van der Waals surface area contributed by atoms with Crippen LogP contribution >= 0.6 is 0 Å². The summed E-state index contributed by atoms with van der Waals surface area (Å²) in [5.41, 5.74) is 2.85. The van der Waals surface area contributed by atoms with Crippen LogP contribution in [0.2, 0.25) is 0 Å². The normalized spacial score (nSPS) is 16.8. The minimum absolute atomic E-state index is 0.608. The Balaban J connectivity index is 1.84. The Morgan fingerprint density at radius 2 is 2.24 bits per heavy atom. The minimum atomic E-state index is 0.608. The predicted molar refractivity (Wildman–Crippen MR) is 71.2 cm³/mol. The Hall–Kier alpha value is -0.830. The first-order valence-electron chi connectivity index (χ1n) is 7.07. The molecule has 1 atom stereocenters. The molecular formula is C14H25N3. The lowest BCUT2D eigenvalue weighted by Crippen LogP contribution is -2.28. The van der Waals surface area contributed by atoms with Crippen molar-refractivity contribution in [3.8, 4) is 0 Å². The van der Waals surface area contributed by atoms with Crippen molar-refractivity contribution in [1.82, 2.24) is 14.9 Å². The van der Waals surface area contributed by atoms with Gasteiger partial charge in [0.2, 0.25) is 0 Å². The number of aromatic nitrogens is 2. The first-order chi connectivity index (χ1) is 8.31. The zero-order valence-corrected chi connectivity index (χ0v) is 11.2. The van der Waals surface area contributed by atoms with Crippen molar-refractivity contribution in [1.29, 1.82) is 0 Å². The van der Waals surface area contributed by atoms with Crippen LogP contribution in [0.25, 0.3) is 0 Å². The third-order valence-corrected chi connectivity index (χ3v) is 3.66. The summed E-state index contributed by atoms with van der Waals surface area (Å²) in [7, 11) is 0. The largest absolute Gasteiger partial charge is 0.334 e. The summed E-state index contributed by atoms with van der Waals surface area (Å²) in [6.07, 6.45) is 9.52. The lowest BCUT2D eigenvalue weighted by Gasteiger charge is -2.17. The number of fused-ring (bicyclic) bond motifs is 1. The first kappa shape index (κ1) is 12.6. The van der Waals surface area contributed by atoms with Gasteiger partial charge < -0.3 is 9.88 Å². The molecule has 1 aromatic rings. The summed E-state index contributed by atoms with van der Waals surface area (Å²) in [5.74, 6) is 0. The maximum atomic E-state index is 4.54. The number of nitrogens with one attached hydrogen (secondary N) is 1. The molecular weight excluding hydrogens is 210 g/mol. The van der Waals surface area contributed by atoms with Crippen molar-refractivity contribution in [2.24, 2.45) is 0 Å². The van der Waals surface area contributed by atoms with Gasteiger partial charge in [-0.15, -0.1) is 0 Å². The van der Waals surface area contributed by atoms with Crippen LogP contribution in [0.15, 0.2) is 6.33 Å². The van der Waals surface area contributed by atoms with E-state index in [-0.39, 0.29) is 0 Å². The highest BCUT2D eigenvalue weighted by Gasteiger charge is 2.15. The van der Waals surface area contributed by atoms with Crippen LogP contribution in [0, 0.1) is 0 Å². The number of aryl methyl sites for hydroxylation is 2. The molecule has 0 spiro atoms. The Labute approximate surface area is 105 Å². The highest BCUT2D eigenvalue weighted by molar-refractivity contribution is 5.16. The molecule has 0 radical (unpaired) electrons. The molecule has 3 heteroatoms. The average molecular weight is 235 g/mol. The minimum Gasteiger partial charge on any atom is -0.334 e. The molecule has 0 bridgehead atoms. The van der Waals surface area contributed by atoms with E-state index in [1.54, 1.807) is 0 Å². The van der Waals surface area contributed by atoms with Gasteiger partial charge in [-0.1, -0.05) is 6.92 Å². The maximum absolute atomic E-state index is 4.54. The molecule has 1 heterocycles. The summed E-state index contributed by atoms with van der Waals surface area (Å²) in [6.45, 7) is 6.73. The third kappa shape index (κ3) is 3.32. The lowest BCUT2D eigenvalue weighted by molar-refractivity contribution is 0.468. The maximum Gasteiger partial charge on any atom is 0.0951 e. The molecule has 2 rings (SSSR count). The van der Waals surface area contributed by atoms with Crippen LogP contribution in [0.5, 0.6) is 0 Å². The topological polar surface area (TPSA) is 29.9 Å². The lowest BCUT2D eigenvalue weighted by atomic mass is 10.0. The number of nitrogens with zero attached hydrogens (tertiary/aromatic N) is 2. The van der Waals surface area contributed by atoms with Gasteiger partial charge in [0.1, 0.15) is 0 Å². The molecule has 0 saturated carbocycles. The van der Waals surface area contributed by atoms with Crippen molar-refractivity contribution in [3.63, 3.8) is 0 Å². The van der Waals surface area contributed by atoms with Crippen molar-refractivity contribution < 1.29 is 0 Å². The number of rotatable bonds is 6. The summed E-state index contributed by atoms with van der Waals surface area (Å²) in [5, 5.41) is 3.54. The van der Waals surface area contributed by atoms with E-state index in [2.05, 4.69) is 28.7 Å². The van der Waals surface area contributed by atoms with Crippen molar-refractivity contribution >= 4 is 0 Å². The average Bonchev–Trinajstić information content (AvgIpc) is 2.77. The summed E-state index contributed by atoms with van der Waals surface area (Å²) in [4.78, 5) is 4.54. The van der Waals surface area contributed by atoms with Crippen LogP contribution < -0.4 is 5.32 Å². The van der Waals surface area contributed by atoms with E-state index in [1.165, 1.54) is 49.9 Å². The highest BCUT2D eigenvalue weighted by atomic mass is 15.1. The standard InChI is InChI=1S/C14H25N3/c1-3-9-15-12(2)8-10-17-11-16-13-6-4-5-7-14(13)17/h11-12,15H,3-10H2,1-2H3. The molecule has 0 amide bonds. The molecule has 0 aliphatic heterocycles. The Morgan fingerprint density at radius 1 is 1.41 bits per heavy atom. The van der Waals surface area contributed by atoms with E-state index >= 15 is 0 Å². The second-order valence-corrected chi connectivity index (χ2v) is 5.18. The molecule has 1 N–H and O–H groups in total. The quantitative estimate of drug-likeness (QED) is 0.821. The van der Waals surface area contributed by atoms with E-state index in [0.717, 1.165) is 13.1 Å². The second kappa shape index (κ2) is 6.20. The summed E-state index contributed by atoms with van der Waals surface area (Å²) in [6, 6.07) is 0.608. The molecule has 0 saturated heterocycles. The van der Waals surface area contributed by atoms with Gasteiger partial charge in [0.05, 0.1) is 12.0 Å². The predicted octanol–water partition coefficient (Wildman–Crippen LogP) is 2.54. The second-order valence-electron chi connectivity index (χ2n) is 5.18. The molecule has 3 nitrogen and oxygen atoms in total. The number of imidazole rings is 1. The molecule has 0 aromatic carbocycles. The first-order valence-corrected chi connectivity index (χ1v) is 7.07. The molecule has 1 aliphatic rings. The van der Waals surface area contributed by atoms with Gasteiger partial charge in [0, 0.05) is 18.3 Å². The number of hydrogen-bond donors (Lipinski definition) is 1. The van der Waals surface area contributed by atoms with E-state index < -0.39 is 0 Å². The molecule has 0 fully saturated rings. The summed E-state index contributed by atoms with van der Waals surface area (Å²) >= 11 is 0. The molecule has 1 unspecified atom stereocenters. The molecule has 1 aromatic heterocycles. The summed E-state index contributed by atoms with van der Waals surface area (Å²) < 4.78 is 2.37. The van der Waals surface area contributed by atoms with Gasteiger partial charge in [-0.3, -0.25) is 0 Å². The van der Waals surface area contributed by atoms with Gasteiger partial charge in [-0.2, -0.15) is 0 Å². The molecule has 96 valence electrons. The van der Waals surface area contributed by atoms with E-state index in [0.29, 0.717) is 6.04 Å². The van der Waals surface area contributed by atoms with Gasteiger partial charge in [-0.25, -0.2) is 4.98 Å². The van der Waals surface area contributed by atoms with Gasteiger partial charge in [0.25, 0.3) is 0 Å². The molecule has 1 aliphatic carbocycles. The SMILES string of the molecule is CCCNC(C)CCn1cnc2c1CCCC2. The van der Waals surface area contributed by atoms with Crippen LogP contribution in [-0.4, -0.2) is 22.1 Å². The Morgan fingerprint density at radius 3 is 3.06 bits per heavy atom.